The van der Waals surface area contributed by atoms with Gasteiger partial charge in [-0.05, 0) is 6.08 Å². The summed E-state index contributed by atoms with van der Waals surface area (Å²) in [5.41, 5.74) is -6.99. The fraction of sp³-hybridized carbons (Fsp3) is 0.273. The average Bonchev–Trinajstić information content (AvgIpc) is 2.34. The number of carbonyl (C=O) groups is 4. The van der Waals surface area contributed by atoms with E-state index in [2.05, 4.69) is 0 Å². The standard InChI is InChI=1S/C11H7F3O8/c12-11(13,14)10(9(21)22)2-1-3(6(15)16)4(7(17)18)5(10)8(19)20/h1-2,5H,(H,15,16)(H,17,18)(H,19,20)(H,21,22). The van der Waals surface area contributed by atoms with E-state index in [0.29, 0.717) is 0 Å². The maximum atomic E-state index is 13.2. The largest absolute Gasteiger partial charge is 0.481 e. The Morgan fingerprint density at radius 1 is 1.00 bits per heavy atom. The van der Waals surface area contributed by atoms with Crippen molar-refractivity contribution < 1.29 is 52.8 Å². The SMILES string of the molecule is O=C(O)C1=C(C(=O)O)C(C(=O)O)C(C(=O)O)(C(F)(F)F)C=C1. The molecule has 0 aromatic carbocycles. The quantitative estimate of drug-likeness (QED) is 0.579. The number of carboxylic acid groups (broad SMARTS) is 4. The molecule has 0 spiro atoms. The molecule has 0 heterocycles. The molecule has 1 aliphatic rings. The van der Waals surface area contributed by atoms with E-state index in [1.807, 2.05) is 0 Å². The third-order valence-corrected chi connectivity index (χ3v) is 3.08. The van der Waals surface area contributed by atoms with E-state index in [4.69, 9.17) is 20.4 Å². The second kappa shape index (κ2) is 5.16. The molecule has 1 aliphatic carbocycles. The first kappa shape index (κ1) is 17.2. The van der Waals surface area contributed by atoms with Crippen LogP contribution in [0.2, 0.25) is 0 Å². The zero-order chi connectivity index (χ0) is 17.5. The van der Waals surface area contributed by atoms with Crippen LogP contribution in [0.3, 0.4) is 0 Å². The van der Waals surface area contributed by atoms with Gasteiger partial charge in [-0.2, -0.15) is 13.2 Å². The maximum absolute atomic E-state index is 13.2. The molecule has 0 aromatic heterocycles. The predicted octanol–water partition coefficient (Wildman–Crippen LogP) is 0.356. The first-order valence-corrected chi connectivity index (χ1v) is 5.30. The van der Waals surface area contributed by atoms with Crippen LogP contribution in [-0.4, -0.2) is 50.5 Å². The van der Waals surface area contributed by atoms with Gasteiger partial charge in [0.05, 0.1) is 11.1 Å². The third-order valence-electron chi connectivity index (χ3n) is 3.08. The van der Waals surface area contributed by atoms with Crippen molar-refractivity contribution in [2.24, 2.45) is 11.3 Å². The summed E-state index contributed by atoms with van der Waals surface area (Å²) < 4.78 is 39.5. The monoisotopic (exact) mass is 324 g/mol. The molecule has 2 unspecified atom stereocenters. The Bertz CT molecular complexity index is 630. The fourth-order valence-electron chi connectivity index (χ4n) is 2.10. The molecule has 0 saturated carbocycles. The van der Waals surface area contributed by atoms with Gasteiger partial charge in [0.1, 0.15) is 5.92 Å². The Balaban J connectivity index is 3.86. The van der Waals surface area contributed by atoms with Gasteiger partial charge in [-0.15, -0.1) is 0 Å². The van der Waals surface area contributed by atoms with Gasteiger partial charge in [0.15, 0.2) is 5.41 Å². The first-order valence-electron chi connectivity index (χ1n) is 5.30. The normalized spacial score (nSPS) is 25.0. The highest BCUT2D eigenvalue weighted by Gasteiger charge is 2.69. The second-order valence-electron chi connectivity index (χ2n) is 4.21. The molecule has 120 valence electrons. The molecule has 4 N–H and O–H groups in total. The van der Waals surface area contributed by atoms with E-state index >= 15 is 0 Å². The van der Waals surface area contributed by atoms with Gasteiger partial charge in [-0.3, -0.25) is 9.59 Å². The Hall–Kier alpha value is -2.85. The fourth-order valence-corrected chi connectivity index (χ4v) is 2.10. The minimum absolute atomic E-state index is 0.132. The summed E-state index contributed by atoms with van der Waals surface area (Å²) in [5, 5.41) is 35.4. The van der Waals surface area contributed by atoms with Crippen LogP contribution in [0.4, 0.5) is 13.2 Å². The van der Waals surface area contributed by atoms with Crippen molar-refractivity contribution in [1.82, 2.24) is 0 Å². The van der Waals surface area contributed by atoms with Crippen LogP contribution in [0, 0.1) is 11.3 Å². The van der Waals surface area contributed by atoms with Gasteiger partial charge in [0.25, 0.3) is 0 Å². The highest BCUT2D eigenvalue weighted by molar-refractivity contribution is 6.07. The Labute approximate surface area is 118 Å². The molecule has 0 saturated heterocycles. The minimum atomic E-state index is -5.68. The molecular formula is C11H7F3O8. The van der Waals surface area contributed by atoms with Crippen molar-refractivity contribution in [2.75, 3.05) is 0 Å². The van der Waals surface area contributed by atoms with Gasteiger partial charge in [0.2, 0.25) is 0 Å². The Kier molecular flexibility index (Phi) is 4.04. The zero-order valence-corrected chi connectivity index (χ0v) is 10.3. The molecule has 11 heteroatoms. The summed E-state index contributed by atoms with van der Waals surface area (Å²) in [7, 11) is 0. The highest BCUT2D eigenvalue weighted by Crippen LogP contribution is 2.51. The van der Waals surface area contributed by atoms with Crippen LogP contribution < -0.4 is 0 Å². The predicted molar refractivity (Wildman–Crippen MR) is 58.7 cm³/mol. The highest BCUT2D eigenvalue weighted by atomic mass is 19.4. The molecule has 0 fully saturated rings. The summed E-state index contributed by atoms with van der Waals surface area (Å²) in [6, 6.07) is 0. The lowest BCUT2D eigenvalue weighted by atomic mass is 9.66. The molecule has 8 nitrogen and oxygen atoms in total. The minimum Gasteiger partial charge on any atom is -0.481 e. The van der Waals surface area contributed by atoms with Crippen molar-refractivity contribution in [3.63, 3.8) is 0 Å². The summed E-state index contributed by atoms with van der Waals surface area (Å²) in [6.45, 7) is 0. The van der Waals surface area contributed by atoms with E-state index in [9.17, 15) is 32.3 Å². The second-order valence-corrected chi connectivity index (χ2v) is 4.21. The molecule has 0 aromatic rings. The molecule has 0 aliphatic heterocycles. The van der Waals surface area contributed by atoms with Crippen molar-refractivity contribution >= 4 is 23.9 Å². The lowest BCUT2D eigenvalue weighted by molar-refractivity contribution is -0.230. The number of carboxylic acids is 4. The van der Waals surface area contributed by atoms with Crippen molar-refractivity contribution in [3.8, 4) is 0 Å². The summed E-state index contributed by atoms with van der Waals surface area (Å²) in [5.74, 6) is -12.5. The van der Waals surface area contributed by atoms with Gasteiger partial charge in [-0.25, -0.2) is 9.59 Å². The van der Waals surface area contributed by atoms with Crippen LogP contribution in [-0.2, 0) is 19.2 Å². The van der Waals surface area contributed by atoms with Crippen LogP contribution >= 0.6 is 0 Å². The molecule has 22 heavy (non-hydrogen) atoms. The van der Waals surface area contributed by atoms with Crippen LogP contribution in [0.5, 0.6) is 0 Å². The molecule has 0 radical (unpaired) electrons. The van der Waals surface area contributed by atoms with Gasteiger partial charge in [0, 0.05) is 0 Å². The van der Waals surface area contributed by atoms with Crippen LogP contribution in [0.1, 0.15) is 0 Å². The molecule has 0 amide bonds. The molecular weight excluding hydrogens is 317 g/mol. The lowest BCUT2D eigenvalue weighted by Crippen LogP contribution is -2.54. The lowest BCUT2D eigenvalue weighted by Gasteiger charge is -2.36. The van der Waals surface area contributed by atoms with E-state index < -0.39 is 52.5 Å². The van der Waals surface area contributed by atoms with E-state index in [-0.39, 0.29) is 12.2 Å². The molecule has 1 rings (SSSR count). The Morgan fingerprint density at radius 3 is 1.77 bits per heavy atom. The Morgan fingerprint density at radius 2 is 1.50 bits per heavy atom. The van der Waals surface area contributed by atoms with Gasteiger partial charge >= 0.3 is 30.1 Å². The van der Waals surface area contributed by atoms with E-state index in [1.165, 1.54) is 0 Å². The van der Waals surface area contributed by atoms with Crippen LogP contribution in [0.15, 0.2) is 23.3 Å². The molecule has 0 bridgehead atoms. The van der Waals surface area contributed by atoms with Crippen molar-refractivity contribution in [1.29, 1.82) is 0 Å². The average molecular weight is 324 g/mol. The summed E-state index contributed by atoms with van der Waals surface area (Å²) >= 11 is 0. The molecule has 2 atom stereocenters. The number of alkyl halides is 3. The van der Waals surface area contributed by atoms with Crippen LogP contribution in [0.25, 0.3) is 0 Å². The van der Waals surface area contributed by atoms with E-state index in [1.54, 1.807) is 0 Å². The van der Waals surface area contributed by atoms with E-state index in [0.717, 1.165) is 0 Å². The maximum Gasteiger partial charge on any atom is 0.409 e. The number of rotatable bonds is 4. The third kappa shape index (κ3) is 2.29. The summed E-state index contributed by atoms with van der Waals surface area (Å²) in [4.78, 5) is 44.1. The number of hydrogen-bond acceptors (Lipinski definition) is 4. The van der Waals surface area contributed by atoms with Gasteiger partial charge < -0.3 is 20.4 Å². The zero-order valence-electron chi connectivity index (χ0n) is 10.3. The number of hydrogen-bond donors (Lipinski definition) is 4. The summed E-state index contributed by atoms with van der Waals surface area (Å²) in [6.07, 6.45) is -5.71. The van der Waals surface area contributed by atoms with Crippen molar-refractivity contribution in [3.05, 3.63) is 23.3 Å². The number of aliphatic carboxylic acids is 4. The smallest absolute Gasteiger partial charge is 0.409 e. The number of halogens is 3. The van der Waals surface area contributed by atoms with Crippen molar-refractivity contribution in [2.45, 2.75) is 6.18 Å². The topological polar surface area (TPSA) is 149 Å². The first-order chi connectivity index (χ1) is 9.87. The van der Waals surface area contributed by atoms with Gasteiger partial charge in [-0.1, -0.05) is 6.08 Å².